The lowest BCUT2D eigenvalue weighted by molar-refractivity contribution is -0.0424. The number of aliphatic hydroxyl groups is 1. The van der Waals surface area contributed by atoms with Gasteiger partial charge >= 0.3 is 6.03 Å². The van der Waals surface area contributed by atoms with Crippen LogP contribution in [0.15, 0.2) is 42.7 Å². The van der Waals surface area contributed by atoms with Crippen LogP contribution in [0.5, 0.6) is 0 Å². The zero-order chi connectivity index (χ0) is 18.3. The van der Waals surface area contributed by atoms with E-state index in [0.717, 1.165) is 35.2 Å². The number of pyridine rings is 1. The van der Waals surface area contributed by atoms with Crippen molar-refractivity contribution in [3.63, 3.8) is 0 Å². The zero-order valence-electron chi connectivity index (χ0n) is 15.3. The van der Waals surface area contributed by atoms with Crippen LogP contribution in [0.25, 0.3) is 0 Å². The Morgan fingerprint density at radius 3 is 2.38 bits per heavy atom. The number of carbonyl (C=O) groups is 1. The molecule has 0 radical (unpaired) electrons. The molecule has 0 saturated carbocycles. The Labute approximate surface area is 154 Å². The third-order valence-corrected chi connectivity index (χ3v) is 5.91. The number of amides is 2. The van der Waals surface area contributed by atoms with Gasteiger partial charge in [0.2, 0.25) is 0 Å². The van der Waals surface area contributed by atoms with E-state index < -0.39 is 5.60 Å². The van der Waals surface area contributed by atoms with Crippen LogP contribution in [-0.2, 0) is 5.60 Å². The third kappa shape index (κ3) is 2.86. The molecule has 4 rings (SSSR count). The summed E-state index contributed by atoms with van der Waals surface area (Å²) in [5.74, 6) is 0. The normalized spacial score (nSPS) is 27.4. The highest BCUT2D eigenvalue weighted by Crippen LogP contribution is 2.45. The summed E-state index contributed by atoms with van der Waals surface area (Å²) in [6, 6.07) is 9.87. The highest BCUT2D eigenvalue weighted by molar-refractivity contribution is 5.91. The Morgan fingerprint density at radius 2 is 1.81 bits per heavy atom. The molecule has 2 aliphatic rings. The topological polar surface area (TPSA) is 65.5 Å². The number of nitrogens with one attached hydrogen (secondary N) is 1. The largest absolute Gasteiger partial charge is 0.385 e. The second-order valence-electron chi connectivity index (χ2n) is 7.67. The average Bonchev–Trinajstić information content (AvgIpc) is 2.91. The molecular weight excluding hydrogens is 326 g/mol. The predicted molar refractivity (Wildman–Crippen MR) is 101 cm³/mol. The molecule has 0 spiro atoms. The van der Waals surface area contributed by atoms with Crippen molar-refractivity contribution in [1.29, 1.82) is 0 Å². The van der Waals surface area contributed by atoms with Gasteiger partial charge in [0.1, 0.15) is 0 Å². The van der Waals surface area contributed by atoms with E-state index in [0.29, 0.717) is 12.8 Å². The Hall–Kier alpha value is -2.40. The molecule has 3 heterocycles. The summed E-state index contributed by atoms with van der Waals surface area (Å²) in [5.41, 5.74) is 2.98. The van der Waals surface area contributed by atoms with Gasteiger partial charge in [0, 0.05) is 48.6 Å². The number of rotatable bonds is 2. The van der Waals surface area contributed by atoms with Crippen molar-refractivity contribution >= 4 is 11.7 Å². The van der Waals surface area contributed by atoms with E-state index in [2.05, 4.69) is 10.3 Å². The monoisotopic (exact) mass is 351 g/mol. The first-order valence-corrected chi connectivity index (χ1v) is 9.26. The SMILES string of the molecule is Cc1cccc(C)c1NC(=O)N1[C@@H]2CC[C@H]1CC(O)(c1cccnc1)C2. The summed E-state index contributed by atoms with van der Waals surface area (Å²) in [6.45, 7) is 4.02. The number of hydrogen-bond donors (Lipinski definition) is 2. The number of urea groups is 1. The lowest BCUT2D eigenvalue weighted by Crippen LogP contribution is -2.53. The molecule has 2 saturated heterocycles. The van der Waals surface area contributed by atoms with E-state index in [9.17, 15) is 9.90 Å². The van der Waals surface area contributed by atoms with Crippen molar-refractivity contribution in [2.45, 2.75) is 57.2 Å². The van der Waals surface area contributed by atoms with Crippen molar-refractivity contribution in [2.75, 3.05) is 5.32 Å². The number of nitrogens with zero attached hydrogens (tertiary/aromatic N) is 2. The molecule has 5 heteroatoms. The summed E-state index contributed by atoms with van der Waals surface area (Å²) < 4.78 is 0. The Balaban J connectivity index is 1.54. The van der Waals surface area contributed by atoms with Gasteiger partial charge < -0.3 is 15.3 Å². The average molecular weight is 351 g/mol. The van der Waals surface area contributed by atoms with Crippen molar-refractivity contribution in [2.24, 2.45) is 0 Å². The number of aryl methyl sites for hydroxylation is 2. The third-order valence-electron chi connectivity index (χ3n) is 5.91. The molecule has 26 heavy (non-hydrogen) atoms. The van der Waals surface area contributed by atoms with Crippen LogP contribution in [0.2, 0.25) is 0 Å². The van der Waals surface area contributed by atoms with Crippen molar-refractivity contribution in [1.82, 2.24) is 9.88 Å². The standard InChI is InChI=1S/C21H25N3O2/c1-14-5-3-6-15(2)19(14)23-20(25)24-17-8-9-18(24)12-21(26,11-17)16-7-4-10-22-13-16/h3-7,10,13,17-18,26H,8-9,11-12H2,1-2H3,(H,23,25)/t17-,18+,21?. The predicted octanol–water partition coefficient (Wildman–Crippen LogP) is 3.74. The minimum atomic E-state index is -0.893. The minimum absolute atomic E-state index is 0.0527. The lowest BCUT2D eigenvalue weighted by Gasteiger charge is -2.43. The lowest BCUT2D eigenvalue weighted by atomic mass is 9.81. The van der Waals surface area contributed by atoms with E-state index in [1.165, 1.54) is 0 Å². The van der Waals surface area contributed by atoms with Crippen LogP contribution < -0.4 is 5.32 Å². The molecule has 5 nitrogen and oxygen atoms in total. The van der Waals surface area contributed by atoms with E-state index in [1.54, 1.807) is 12.4 Å². The number of hydrogen-bond acceptors (Lipinski definition) is 3. The van der Waals surface area contributed by atoms with Gasteiger partial charge in [-0.2, -0.15) is 0 Å². The molecule has 1 aromatic heterocycles. The van der Waals surface area contributed by atoms with Gasteiger partial charge in [-0.1, -0.05) is 24.3 Å². The van der Waals surface area contributed by atoms with Gasteiger partial charge in [-0.3, -0.25) is 4.98 Å². The first-order valence-electron chi connectivity index (χ1n) is 9.26. The fraction of sp³-hybridized carbons (Fsp3) is 0.429. The zero-order valence-corrected chi connectivity index (χ0v) is 15.3. The maximum Gasteiger partial charge on any atom is 0.322 e. The fourth-order valence-electron chi connectivity index (χ4n) is 4.61. The quantitative estimate of drug-likeness (QED) is 0.866. The summed E-state index contributed by atoms with van der Waals surface area (Å²) in [7, 11) is 0. The van der Waals surface area contributed by atoms with E-state index in [1.807, 2.05) is 49.1 Å². The Bertz CT molecular complexity index is 787. The molecule has 2 aliphatic heterocycles. The number of aromatic nitrogens is 1. The Kier molecular flexibility index (Phi) is 4.19. The number of carbonyl (C=O) groups excluding carboxylic acids is 1. The molecule has 1 aromatic carbocycles. The maximum atomic E-state index is 13.0. The molecular formula is C21H25N3O2. The molecule has 2 amide bonds. The van der Waals surface area contributed by atoms with E-state index in [-0.39, 0.29) is 18.1 Å². The van der Waals surface area contributed by atoms with Crippen molar-refractivity contribution < 1.29 is 9.90 Å². The van der Waals surface area contributed by atoms with Gasteiger partial charge in [0.25, 0.3) is 0 Å². The fourth-order valence-corrected chi connectivity index (χ4v) is 4.61. The van der Waals surface area contributed by atoms with Gasteiger partial charge in [-0.25, -0.2) is 4.79 Å². The molecule has 2 N–H and O–H groups in total. The van der Waals surface area contributed by atoms with Crippen LogP contribution >= 0.6 is 0 Å². The first-order chi connectivity index (χ1) is 12.5. The molecule has 2 bridgehead atoms. The van der Waals surface area contributed by atoms with Gasteiger partial charge in [-0.05, 0) is 43.9 Å². The second-order valence-corrected chi connectivity index (χ2v) is 7.67. The highest BCUT2D eigenvalue weighted by atomic mass is 16.3. The maximum absolute atomic E-state index is 13.0. The molecule has 3 atom stereocenters. The number of para-hydroxylation sites is 1. The number of piperidine rings is 1. The first kappa shape index (κ1) is 17.0. The van der Waals surface area contributed by atoms with Crippen LogP contribution in [-0.4, -0.2) is 33.1 Å². The van der Waals surface area contributed by atoms with Gasteiger partial charge in [0.15, 0.2) is 0 Å². The summed E-state index contributed by atoms with van der Waals surface area (Å²) in [5, 5.41) is 14.3. The highest BCUT2D eigenvalue weighted by Gasteiger charge is 2.50. The second kappa shape index (κ2) is 6.40. The Morgan fingerprint density at radius 1 is 1.15 bits per heavy atom. The molecule has 2 fully saturated rings. The van der Waals surface area contributed by atoms with Crippen molar-refractivity contribution in [3.05, 3.63) is 59.4 Å². The van der Waals surface area contributed by atoms with Crippen LogP contribution in [0.4, 0.5) is 10.5 Å². The summed E-state index contributed by atoms with van der Waals surface area (Å²) in [6.07, 6.45) is 6.46. The van der Waals surface area contributed by atoms with E-state index >= 15 is 0 Å². The summed E-state index contributed by atoms with van der Waals surface area (Å²) in [4.78, 5) is 19.1. The number of anilines is 1. The molecule has 0 aliphatic carbocycles. The smallest absolute Gasteiger partial charge is 0.322 e. The van der Waals surface area contributed by atoms with E-state index in [4.69, 9.17) is 0 Å². The summed E-state index contributed by atoms with van der Waals surface area (Å²) >= 11 is 0. The van der Waals surface area contributed by atoms with Crippen LogP contribution in [0.1, 0.15) is 42.4 Å². The van der Waals surface area contributed by atoms with Crippen LogP contribution in [0, 0.1) is 13.8 Å². The van der Waals surface area contributed by atoms with Crippen LogP contribution in [0.3, 0.4) is 0 Å². The number of benzene rings is 1. The molecule has 1 unspecified atom stereocenters. The molecule has 2 aromatic rings. The van der Waals surface area contributed by atoms with Gasteiger partial charge in [0.05, 0.1) is 5.60 Å². The van der Waals surface area contributed by atoms with Gasteiger partial charge in [-0.15, -0.1) is 0 Å². The molecule has 136 valence electrons. The van der Waals surface area contributed by atoms with Crippen molar-refractivity contribution in [3.8, 4) is 0 Å². The number of fused-ring (bicyclic) bond motifs is 2. The minimum Gasteiger partial charge on any atom is -0.385 e.